The second kappa shape index (κ2) is 8.04. The van der Waals surface area contributed by atoms with Crippen LogP contribution in [-0.2, 0) is 14.2 Å². The van der Waals surface area contributed by atoms with Gasteiger partial charge in [-0.3, -0.25) is 0 Å². The van der Waals surface area contributed by atoms with Gasteiger partial charge in [-0.2, -0.15) is 0 Å². The molecule has 1 unspecified atom stereocenters. The van der Waals surface area contributed by atoms with Crippen molar-refractivity contribution >= 4 is 0 Å². The molecule has 1 aliphatic rings. The molecule has 0 spiro atoms. The summed E-state index contributed by atoms with van der Waals surface area (Å²) >= 11 is 0. The van der Waals surface area contributed by atoms with Gasteiger partial charge in [-0.15, -0.1) is 0 Å². The van der Waals surface area contributed by atoms with E-state index in [0.717, 1.165) is 6.42 Å². The lowest BCUT2D eigenvalue weighted by Crippen LogP contribution is -2.48. The van der Waals surface area contributed by atoms with Crippen LogP contribution >= 0.6 is 0 Å². The van der Waals surface area contributed by atoms with Crippen molar-refractivity contribution in [2.24, 2.45) is 0 Å². The van der Waals surface area contributed by atoms with Gasteiger partial charge in [-0.25, -0.2) is 0 Å². The van der Waals surface area contributed by atoms with Gasteiger partial charge in [0.1, 0.15) is 18.3 Å². The van der Waals surface area contributed by atoms with E-state index in [2.05, 4.69) is 6.58 Å². The number of aliphatic hydroxyl groups excluding tert-OH is 4. The van der Waals surface area contributed by atoms with Crippen molar-refractivity contribution in [3.05, 3.63) is 12.7 Å². The second-order valence-corrected chi connectivity index (χ2v) is 4.90. The van der Waals surface area contributed by atoms with Crippen molar-refractivity contribution in [1.29, 1.82) is 0 Å². The average molecular weight is 292 g/mol. The van der Waals surface area contributed by atoms with E-state index >= 15 is 0 Å². The van der Waals surface area contributed by atoms with Crippen molar-refractivity contribution in [2.45, 2.75) is 43.5 Å². The fourth-order valence-electron chi connectivity index (χ4n) is 1.93. The number of ether oxygens (including phenoxy) is 3. The number of rotatable bonds is 9. The molecule has 4 N–H and O–H groups in total. The van der Waals surface area contributed by atoms with Crippen LogP contribution in [0.3, 0.4) is 0 Å². The lowest BCUT2D eigenvalue weighted by molar-refractivity contribution is -0.264. The predicted molar refractivity (Wildman–Crippen MR) is 70.0 cm³/mol. The molecule has 1 heterocycles. The molecule has 0 bridgehead atoms. The van der Waals surface area contributed by atoms with Gasteiger partial charge < -0.3 is 34.6 Å². The first-order valence-corrected chi connectivity index (χ1v) is 6.60. The number of hydrogen-bond acceptors (Lipinski definition) is 7. The van der Waals surface area contributed by atoms with Crippen molar-refractivity contribution < 1.29 is 34.6 Å². The summed E-state index contributed by atoms with van der Waals surface area (Å²) in [5.74, 6) is -1.23. The van der Waals surface area contributed by atoms with E-state index in [-0.39, 0.29) is 6.10 Å². The standard InChI is InChI=1S/C13H24O7/c1-3-13(2,19-9-4-5-18-8-9)20-11(7-15)12(17)10(16)6-14/h3,9-12,14-17H,1,4-8H2,2H3/t9-,10+,11+,12-,13?/m0/s1. The quantitative estimate of drug-likeness (QED) is 0.312. The smallest absolute Gasteiger partial charge is 0.185 e. The molecule has 7 heteroatoms. The van der Waals surface area contributed by atoms with Crippen LogP contribution < -0.4 is 0 Å². The van der Waals surface area contributed by atoms with Gasteiger partial charge in [0.25, 0.3) is 0 Å². The molecule has 0 radical (unpaired) electrons. The molecular formula is C13H24O7. The van der Waals surface area contributed by atoms with Gasteiger partial charge in [0.15, 0.2) is 5.79 Å². The van der Waals surface area contributed by atoms with E-state index < -0.39 is 37.3 Å². The Labute approximate surface area is 118 Å². The first-order valence-electron chi connectivity index (χ1n) is 6.60. The highest BCUT2D eigenvalue weighted by atomic mass is 16.7. The molecule has 1 saturated heterocycles. The van der Waals surface area contributed by atoms with Crippen molar-refractivity contribution in [3.8, 4) is 0 Å². The Morgan fingerprint density at radius 3 is 2.55 bits per heavy atom. The minimum Gasteiger partial charge on any atom is -0.394 e. The second-order valence-electron chi connectivity index (χ2n) is 4.90. The third kappa shape index (κ3) is 4.78. The average Bonchev–Trinajstić information content (AvgIpc) is 2.95. The van der Waals surface area contributed by atoms with E-state index in [1.165, 1.54) is 6.08 Å². The van der Waals surface area contributed by atoms with Crippen LogP contribution in [-0.4, -0.2) is 77.1 Å². The number of aliphatic hydroxyl groups is 4. The third-order valence-corrected chi connectivity index (χ3v) is 3.19. The minimum absolute atomic E-state index is 0.155. The summed E-state index contributed by atoms with van der Waals surface area (Å²) in [4.78, 5) is 0. The van der Waals surface area contributed by atoms with E-state index in [1.54, 1.807) is 6.92 Å². The van der Waals surface area contributed by atoms with Gasteiger partial charge in [-0.1, -0.05) is 6.58 Å². The van der Waals surface area contributed by atoms with Crippen LogP contribution in [0.4, 0.5) is 0 Å². The fraction of sp³-hybridized carbons (Fsp3) is 0.846. The Morgan fingerprint density at radius 2 is 2.10 bits per heavy atom. The lowest BCUT2D eigenvalue weighted by Gasteiger charge is -2.35. The Morgan fingerprint density at radius 1 is 1.40 bits per heavy atom. The minimum atomic E-state index is -1.44. The van der Waals surface area contributed by atoms with Gasteiger partial charge in [0.05, 0.1) is 25.9 Å². The molecule has 5 atom stereocenters. The molecule has 0 aromatic carbocycles. The maximum atomic E-state index is 9.79. The molecule has 20 heavy (non-hydrogen) atoms. The summed E-state index contributed by atoms with van der Waals surface area (Å²) in [7, 11) is 0. The lowest BCUT2D eigenvalue weighted by atomic mass is 10.1. The highest BCUT2D eigenvalue weighted by molar-refractivity contribution is 4.90. The van der Waals surface area contributed by atoms with Crippen LogP contribution in [0.2, 0.25) is 0 Å². The summed E-state index contributed by atoms with van der Waals surface area (Å²) in [6.07, 6.45) is -1.98. The highest BCUT2D eigenvalue weighted by Gasteiger charge is 2.35. The van der Waals surface area contributed by atoms with Crippen LogP contribution in [0.1, 0.15) is 13.3 Å². The molecule has 0 amide bonds. The molecule has 0 aromatic rings. The van der Waals surface area contributed by atoms with E-state index in [1.807, 2.05) is 0 Å². The maximum Gasteiger partial charge on any atom is 0.185 e. The van der Waals surface area contributed by atoms with Crippen molar-refractivity contribution in [1.82, 2.24) is 0 Å². The zero-order valence-electron chi connectivity index (χ0n) is 11.6. The Bertz CT molecular complexity index is 292. The van der Waals surface area contributed by atoms with Crippen molar-refractivity contribution in [2.75, 3.05) is 26.4 Å². The van der Waals surface area contributed by atoms with E-state index in [0.29, 0.717) is 13.2 Å². The van der Waals surface area contributed by atoms with Crippen LogP contribution in [0.5, 0.6) is 0 Å². The van der Waals surface area contributed by atoms with Gasteiger partial charge in [0, 0.05) is 6.61 Å². The third-order valence-electron chi connectivity index (χ3n) is 3.19. The Balaban J connectivity index is 2.64. The first kappa shape index (κ1) is 17.5. The summed E-state index contributed by atoms with van der Waals surface area (Å²) in [5.41, 5.74) is 0. The fourth-order valence-corrected chi connectivity index (χ4v) is 1.93. The molecule has 1 fully saturated rings. The predicted octanol–water partition coefficient (Wildman–Crippen LogP) is -1.21. The van der Waals surface area contributed by atoms with Crippen LogP contribution in [0, 0.1) is 0 Å². The van der Waals surface area contributed by atoms with Crippen molar-refractivity contribution in [3.63, 3.8) is 0 Å². The summed E-state index contributed by atoms with van der Waals surface area (Å²) in [6.45, 7) is 5.09. The van der Waals surface area contributed by atoms with E-state index in [4.69, 9.17) is 19.3 Å². The Kier molecular flexibility index (Phi) is 7.04. The molecule has 0 aromatic heterocycles. The normalized spacial score (nSPS) is 26.8. The molecule has 1 rings (SSSR count). The number of hydrogen-bond donors (Lipinski definition) is 4. The van der Waals surface area contributed by atoms with Gasteiger partial charge in [0.2, 0.25) is 0 Å². The van der Waals surface area contributed by atoms with Crippen LogP contribution in [0.15, 0.2) is 12.7 Å². The topological polar surface area (TPSA) is 109 Å². The zero-order valence-corrected chi connectivity index (χ0v) is 11.6. The highest BCUT2D eigenvalue weighted by Crippen LogP contribution is 2.24. The van der Waals surface area contributed by atoms with E-state index in [9.17, 15) is 15.3 Å². The zero-order chi connectivity index (χ0) is 15.2. The summed E-state index contributed by atoms with van der Waals surface area (Å²) in [6, 6.07) is 0. The molecule has 118 valence electrons. The molecule has 7 nitrogen and oxygen atoms in total. The molecule has 0 aliphatic carbocycles. The summed E-state index contributed by atoms with van der Waals surface area (Å²) in [5, 5.41) is 37.3. The summed E-state index contributed by atoms with van der Waals surface area (Å²) < 4.78 is 16.4. The molecular weight excluding hydrogens is 268 g/mol. The van der Waals surface area contributed by atoms with Crippen LogP contribution in [0.25, 0.3) is 0 Å². The largest absolute Gasteiger partial charge is 0.394 e. The monoisotopic (exact) mass is 292 g/mol. The SMILES string of the molecule is C=CC(C)(O[C@H]1CCOC1)O[C@H](CO)[C@@H](O)[C@H](O)CO. The van der Waals surface area contributed by atoms with Gasteiger partial charge >= 0.3 is 0 Å². The maximum absolute atomic E-state index is 9.79. The van der Waals surface area contributed by atoms with Gasteiger partial charge in [-0.05, 0) is 19.4 Å². The molecule has 0 saturated carbocycles. The Hall–Kier alpha value is -0.540. The molecule has 1 aliphatic heterocycles. The first-order chi connectivity index (χ1) is 9.45.